The zero-order valence-corrected chi connectivity index (χ0v) is 16.7. The van der Waals surface area contributed by atoms with Gasteiger partial charge in [0, 0.05) is 6.20 Å². The van der Waals surface area contributed by atoms with Gasteiger partial charge in [-0.3, -0.25) is 9.78 Å². The summed E-state index contributed by atoms with van der Waals surface area (Å²) in [5.41, 5.74) is 2.50. The molecule has 4 rings (SSSR count). The van der Waals surface area contributed by atoms with Gasteiger partial charge in [0.2, 0.25) is 0 Å². The number of aryl methyl sites for hydroxylation is 2. The third-order valence-corrected chi connectivity index (χ3v) is 5.78. The van der Waals surface area contributed by atoms with Crippen molar-refractivity contribution in [3.05, 3.63) is 29.1 Å². The molecule has 0 saturated carbocycles. The molecule has 5 heteroatoms. The monoisotopic (exact) mass is 372 g/mol. The fourth-order valence-corrected chi connectivity index (χ4v) is 4.03. The smallest absolute Gasteiger partial charge is 0.417 e. The maximum atomic E-state index is 13.3. The maximum absolute atomic E-state index is 13.3. The van der Waals surface area contributed by atoms with Gasteiger partial charge in [-0.15, -0.1) is 0 Å². The summed E-state index contributed by atoms with van der Waals surface area (Å²) in [6.45, 7) is 4.31. The van der Waals surface area contributed by atoms with Crippen LogP contribution >= 0.6 is 0 Å². The molecule has 0 radical (unpaired) electrons. The first kappa shape index (κ1) is 19.8. The second kappa shape index (κ2) is 9.34. The van der Waals surface area contributed by atoms with Crippen molar-refractivity contribution in [2.24, 2.45) is 5.92 Å². The van der Waals surface area contributed by atoms with E-state index in [9.17, 15) is 9.59 Å². The van der Waals surface area contributed by atoms with Crippen LogP contribution in [0, 0.1) is 5.92 Å². The molecule has 148 valence electrons. The maximum Gasteiger partial charge on any atom is 0.417 e. The molecule has 1 aromatic rings. The van der Waals surface area contributed by atoms with Crippen LogP contribution in [-0.4, -0.2) is 34.5 Å². The van der Waals surface area contributed by atoms with Crippen LogP contribution < -0.4 is 0 Å². The molecule has 0 unspecified atom stereocenters. The van der Waals surface area contributed by atoms with E-state index < -0.39 is 6.09 Å². The molecule has 1 atom stereocenters. The van der Waals surface area contributed by atoms with Gasteiger partial charge in [0.25, 0.3) is 5.91 Å². The minimum absolute atomic E-state index is 0.165. The minimum atomic E-state index is -0.524. The van der Waals surface area contributed by atoms with Crippen LogP contribution in [0.2, 0.25) is 0 Å². The van der Waals surface area contributed by atoms with E-state index in [1.54, 1.807) is 0 Å². The van der Waals surface area contributed by atoms with E-state index in [1.807, 2.05) is 26.1 Å². The summed E-state index contributed by atoms with van der Waals surface area (Å²) in [5, 5.41) is 0. The van der Waals surface area contributed by atoms with Crippen molar-refractivity contribution >= 4 is 12.0 Å². The topological polar surface area (TPSA) is 59.5 Å². The van der Waals surface area contributed by atoms with E-state index in [2.05, 4.69) is 4.98 Å². The number of hydrogen-bond donors (Lipinski definition) is 0. The first-order chi connectivity index (χ1) is 13.1. The Morgan fingerprint density at radius 2 is 1.70 bits per heavy atom. The Balaban J connectivity index is 1.88. The average Bonchev–Trinajstić information content (AvgIpc) is 3.05. The first-order valence-corrected chi connectivity index (χ1v) is 10.6. The lowest BCUT2D eigenvalue weighted by Crippen LogP contribution is -2.42. The average molecular weight is 373 g/mol. The molecule has 1 aliphatic carbocycles. The zero-order valence-electron chi connectivity index (χ0n) is 16.7. The molecule has 3 heterocycles. The molecule has 0 spiro atoms. The van der Waals surface area contributed by atoms with Crippen molar-refractivity contribution in [2.75, 3.05) is 6.61 Å². The second-order valence-electron chi connectivity index (χ2n) is 8.23. The summed E-state index contributed by atoms with van der Waals surface area (Å²) in [5.74, 6) is -0.0782. The number of pyridine rings is 1. The highest BCUT2D eigenvalue weighted by atomic mass is 16.6. The number of cyclic esters (lactones) is 1. The molecular weight excluding hydrogens is 340 g/mol. The van der Waals surface area contributed by atoms with Crippen LogP contribution in [0.5, 0.6) is 0 Å². The Hall–Kier alpha value is -1.91. The van der Waals surface area contributed by atoms with Crippen molar-refractivity contribution in [1.82, 2.24) is 9.88 Å². The van der Waals surface area contributed by atoms with Gasteiger partial charge in [-0.2, -0.15) is 0 Å². The Morgan fingerprint density at radius 3 is 2.37 bits per heavy atom. The number of carbonyl (C=O) groups is 2. The lowest BCUT2D eigenvalue weighted by molar-refractivity contribution is 0.0750. The first-order valence-electron chi connectivity index (χ1n) is 10.6. The standard InChI is InChI=1S/C22H32N2O3/c1-16(2)20-15-27-22(26)24(20)21(25)18-13-17-11-9-7-5-3-4-6-8-10-12-19(18)23-14-17/h13-14,16,20H,3-12,15H2,1-2H3/t20-/m1/s1. The van der Waals surface area contributed by atoms with Gasteiger partial charge in [0.05, 0.1) is 17.3 Å². The van der Waals surface area contributed by atoms with Crippen molar-refractivity contribution in [2.45, 2.75) is 84.1 Å². The molecule has 1 aromatic heterocycles. The molecule has 2 aliphatic heterocycles. The van der Waals surface area contributed by atoms with Gasteiger partial charge in [0.15, 0.2) is 0 Å². The SMILES string of the molecule is CC(C)[C@H]1COC(=O)N1C(=O)c1cc2cnc1CCCCCCCCCC2. The van der Waals surface area contributed by atoms with Crippen molar-refractivity contribution in [1.29, 1.82) is 0 Å². The summed E-state index contributed by atoms with van der Waals surface area (Å²) < 4.78 is 5.18. The van der Waals surface area contributed by atoms with Crippen molar-refractivity contribution in [3.63, 3.8) is 0 Å². The number of imide groups is 1. The lowest BCUT2D eigenvalue weighted by Gasteiger charge is -2.23. The molecule has 5 nitrogen and oxygen atoms in total. The highest BCUT2D eigenvalue weighted by Gasteiger charge is 2.40. The Bertz CT molecular complexity index is 672. The molecule has 2 bridgehead atoms. The van der Waals surface area contributed by atoms with Gasteiger partial charge in [-0.25, -0.2) is 9.69 Å². The van der Waals surface area contributed by atoms with Gasteiger partial charge < -0.3 is 4.74 Å². The summed E-state index contributed by atoms with van der Waals surface area (Å²) in [6, 6.07) is 1.77. The summed E-state index contributed by atoms with van der Waals surface area (Å²) in [6.07, 6.45) is 12.8. The van der Waals surface area contributed by atoms with Gasteiger partial charge >= 0.3 is 6.09 Å². The van der Waals surface area contributed by atoms with Gasteiger partial charge in [-0.05, 0) is 43.2 Å². The van der Waals surface area contributed by atoms with Crippen LogP contribution in [0.15, 0.2) is 12.3 Å². The fraction of sp³-hybridized carbons (Fsp3) is 0.682. The van der Waals surface area contributed by atoms with Crippen molar-refractivity contribution in [3.8, 4) is 0 Å². The predicted octanol–water partition coefficient (Wildman–Crippen LogP) is 4.92. The summed E-state index contributed by atoms with van der Waals surface area (Å²) in [7, 11) is 0. The molecule has 1 saturated heterocycles. The summed E-state index contributed by atoms with van der Waals surface area (Å²) >= 11 is 0. The fourth-order valence-electron chi connectivity index (χ4n) is 4.03. The van der Waals surface area contributed by atoms with E-state index in [0.717, 1.165) is 43.4 Å². The molecule has 1 fully saturated rings. The number of hydrogen-bond acceptors (Lipinski definition) is 4. The van der Waals surface area contributed by atoms with Crippen LogP contribution in [0.1, 0.15) is 86.8 Å². The predicted molar refractivity (Wildman–Crippen MR) is 105 cm³/mol. The van der Waals surface area contributed by atoms with E-state index in [0.29, 0.717) is 5.56 Å². The van der Waals surface area contributed by atoms with E-state index >= 15 is 0 Å². The highest BCUT2D eigenvalue weighted by molar-refractivity contribution is 6.04. The van der Waals surface area contributed by atoms with Gasteiger partial charge in [0.1, 0.15) is 6.61 Å². The molecule has 0 aromatic carbocycles. The van der Waals surface area contributed by atoms with Crippen molar-refractivity contribution < 1.29 is 14.3 Å². The number of fused-ring (bicyclic) bond motifs is 11. The third-order valence-electron chi connectivity index (χ3n) is 5.78. The largest absolute Gasteiger partial charge is 0.447 e. The molecule has 2 amide bonds. The zero-order chi connectivity index (χ0) is 19.2. The van der Waals surface area contributed by atoms with E-state index in [1.165, 1.54) is 37.0 Å². The number of ether oxygens (including phenoxy) is 1. The quantitative estimate of drug-likeness (QED) is 0.739. The lowest BCUT2D eigenvalue weighted by atomic mass is 9.98. The number of nitrogens with zero attached hydrogens (tertiary/aromatic N) is 2. The van der Waals surface area contributed by atoms with Crippen LogP contribution in [-0.2, 0) is 17.6 Å². The van der Waals surface area contributed by atoms with Crippen LogP contribution in [0.3, 0.4) is 0 Å². The molecular formula is C22H32N2O3. The number of amides is 2. The normalized spacial score (nSPS) is 22.0. The molecule has 0 N–H and O–H groups in total. The second-order valence-corrected chi connectivity index (χ2v) is 8.23. The number of aromatic nitrogens is 1. The Labute approximate surface area is 162 Å². The van der Waals surface area contributed by atoms with Crippen LogP contribution in [0.4, 0.5) is 4.79 Å². The molecule has 3 aliphatic rings. The Kier molecular flexibility index (Phi) is 6.86. The van der Waals surface area contributed by atoms with E-state index in [-0.39, 0.29) is 24.5 Å². The van der Waals surface area contributed by atoms with Crippen LogP contribution in [0.25, 0.3) is 0 Å². The summed E-state index contributed by atoms with van der Waals surface area (Å²) in [4.78, 5) is 31.5. The highest BCUT2D eigenvalue weighted by Crippen LogP contribution is 2.25. The third kappa shape index (κ3) is 4.88. The van der Waals surface area contributed by atoms with Gasteiger partial charge in [-0.1, -0.05) is 52.4 Å². The minimum Gasteiger partial charge on any atom is -0.447 e. The number of rotatable bonds is 2. The number of carbonyl (C=O) groups excluding carboxylic acids is 2. The molecule has 27 heavy (non-hydrogen) atoms. The Morgan fingerprint density at radius 1 is 1.07 bits per heavy atom. The van der Waals surface area contributed by atoms with E-state index in [4.69, 9.17) is 4.74 Å².